The second kappa shape index (κ2) is 38.4. The van der Waals surface area contributed by atoms with Gasteiger partial charge in [0.2, 0.25) is 29.5 Å². The quantitative estimate of drug-likeness (QED) is 0.0483. The van der Waals surface area contributed by atoms with Gasteiger partial charge in [0.05, 0.1) is 201 Å². The van der Waals surface area contributed by atoms with Crippen molar-refractivity contribution in [3.63, 3.8) is 0 Å². The zero-order valence-corrected chi connectivity index (χ0v) is 80.1. The molecule has 734 valence electrons. The summed E-state index contributed by atoms with van der Waals surface area (Å²) in [5.74, 6) is -1.47. The summed E-state index contributed by atoms with van der Waals surface area (Å²) in [5.41, 5.74) is 12.9. The Labute approximate surface area is 806 Å². The van der Waals surface area contributed by atoms with E-state index in [0.717, 1.165) is 224 Å². The summed E-state index contributed by atoms with van der Waals surface area (Å²) in [7, 11) is 4.80. The standard InChI is InChI=1S/2C19H22FN3.C18H20F3N3O.2C18H22FN3O.C17H19F2N3/c2*20-19(9-7-18(5-6-18)8-10-19)4-3-15-17-14(2-1-11-22-17)16-12-21-13-23(15)16;1-25-15-3-2-12-14-10-22-11-24(14)13(16(12)23-15)4-5-17(19)6-8-18(20,21)9-7-17;2*1-23-16-6-5-13-15-11-20-12-22(15)14(17(13)21-16)7-10-18(19)8-3-2-4-9-18;18-15-5-4-12-14-10-20-11-22(14)13(16(12)21-15)6-9-17(19)7-2-1-3-8-17/h2*1-2,11-13,15H,3-10H2;2-3,10-11,13H,4-9H2,1H3;2*5-6,11-12,14H,2-4,7-10H2,1H3;4-5,10-11,13H,1-3,6-9H2. The Morgan fingerprint density at radius 1 is 0.266 bits per heavy atom. The Hall–Kier alpha value is -11.1. The molecule has 8 saturated carbocycles. The van der Waals surface area contributed by atoms with E-state index in [1.807, 2.05) is 114 Å². The largest absolute Gasteiger partial charge is 0.481 e. The highest BCUT2D eigenvalue weighted by Gasteiger charge is 2.53. The van der Waals surface area contributed by atoms with Crippen LogP contribution in [0.2, 0.25) is 0 Å². The smallest absolute Gasteiger partial charge is 0.248 e. The first kappa shape index (κ1) is 94.2. The van der Waals surface area contributed by atoms with Crippen molar-refractivity contribution in [2.45, 2.75) is 352 Å². The van der Waals surface area contributed by atoms with Crippen LogP contribution in [0.1, 0.15) is 347 Å². The van der Waals surface area contributed by atoms with E-state index >= 15 is 8.78 Å². The van der Waals surface area contributed by atoms with Crippen LogP contribution in [-0.2, 0) is 0 Å². The van der Waals surface area contributed by atoms with Crippen molar-refractivity contribution in [1.29, 1.82) is 0 Å². The molecule has 6 atom stereocenters. The van der Waals surface area contributed by atoms with Gasteiger partial charge in [-0.2, -0.15) is 4.39 Å². The van der Waals surface area contributed by atoms with E-state index in [4.69, 9.17) is 14.2 Å². The van der Waals surface area contributed by atoms with Crippen LogP contribution < -0.4 is 14.2 Å². The molecule has 12 aromatic heterocycles. The first-order chi connectivity index (χ1) is 67.3. The average Bonchev–Trinajstić information content (AvgIpc) is 1.60. The maximum Gasteiger partial charge on any atom is 0.248 e. The summed E-state index contributed by atoms with van der Waals surface area (Å²) < 4.78 is 159. The van der Waals surface area contributed by atoms with Gasteiger partial charge >= 0.3 is 0 Å². The minimum absolute atomic E-state index is 0.0622. The number of methoxy groups -OCH3 is 3. The second-order valence-corrected chi connectivity index (χ2v) is 42.7. The molecule has 30 heteroatoms. The highest BCUT2D eigenvalue weighted by molar-refractivity contribution is 5.72. The number of hydrogen-bond acceptors (Lipinski definition) is 15. The summed E-state index contributed by atoms with van der Waals surface area (Å²) >= 11 is 0. The lowest BCUT2D eigenvalue weighted by Gasteiger charge is -2.35. The van der Waals surface area contributed by atoms with Gasteiger partial charge in [0.25, 0.3) is 0 Å². The van der Waals surface area contributed by atoms with Crippen LogP contribution in [0.3, 0.4) is 0 Å². The monoisotopic (exact) mass is 1910 g/mol. The fourth-order valence-corrected chi connectivity index (χ4v) is 25.2. The SMILES string of the molecule is COc1ccc2c(n1)C(CCC1(F)CCC(F)(F)CC1)n1cncc1-2.COc1ccc2c(n1)C(CCC1(F)CCCCC1)n1cncc1-2.COc1ccc2c(n1)C(CCC1(F)CCCCC1)n1cncc1-2.FC1(CCC2c3ncccc3-c3cncn32)CCC2(CC1)CC2.FC1(CCC2c3ncccc3-c3cncn32)CCC2(CC1)CC2.Fc1ccc2c(n1)C(CCC1(F)CCCCC1)n1cncc1-2. The number of halogens is 9. The van der Waals surface area contributed by atoms with Crippen molar-refractivity contribution in [2.75, 3.05) is 21.3 Å². The normalized spacial score (nSPS) is 24.9. The molecule has 6 unspecified atom stereocenters. The predicted octanol–water partition coefficient (Wildman–Crippen LogP) is 27.0. The van der Waals surface area contributed by atoms with E-state index in [1.165, 1.54) is 44.6 Å². The van der Waals surface area contributed by atoms with Crippen molar-refractivity contribution >= 4 is 0 Å². The Balaban J connectivity index is 0.0000000992. The molecule has 0 saturated heterocycles. The Kier molecular flexibility index (Phi) is 26.0. The van der Waals surface area contributed by atoms with E-state index in [-0.39, 0.29) is 68.4 Å². The summed E-state index contributed by atoms with van der Waals surface area (Å²) in [4.78, 5) is 52.4. The molecule has 0 bridgehead atoms. The molecule has 12 aromatic rings. The molecule has 0 radical (unpaired) electrons. The topological polar surface area (TPSA) is 212 Å². The molecule has 8 aliphatic carbocycles. The van der Waals surface area contributed by atoms with Gasteiger partial charge in [0.1, 0.15) is 34.0 Å². The number of nitrogens with zero attached hydrogens (tertiary/aromatic N) is 18. The Morgan fingerprint density at radius 3 is 0.763 bits per heavy atom. The van der Waals surface area contributed by atoms with Crippen LogP contribution in [0.25, 0.3) is 67.5 Å². The van der Waals surface area contributed by atoms with Crippen molar-refractivity contribution in [1.82, 2.24) is 87.2 Å². The number of imidazole rings is 6. The lowest BCUT2D eigenvalue weighted by Crippen LogP contribution is -2.35. The first-order valence-electron chi connectivity index (χ1n) is 51.2. The molecular weight excluding hydrogens is 1780 g/mol. The van der Waals surface area contributed by atoms with Gasteiger partial charge in [0, 0.05) is 76.8 Å². The third-order valence-electron chi connectivity index (χ3n) is 34.1. The predicted molar refractivity (Wildman–Crippen MR) is 513 cm³/mol. The summed E-state index contributed by atoms with van der Waals surface area (Å²) in [5, 5.41) is 0. The minimum atomic E-state index is -2.72. The lowest BCUT2D eigenvalue weighted by atomic mass is 9.75. The van der Waals surface area contributed by atoms with Crippen LogP contribution in [0.15, 0.2) is 160 Å². The molecule has 8 fully saturated rings. The zero-order valence-electron chi connectivity index (χ0n) is 80.1. The van der Waals surface area contributed by atoms with Crippen LogP contribution in [0, 0.1) is 16.8 Å². The van der Waals surface area contributed by atoms with Crippen LogP contribution in [0.4, 0.5) is 39.5 Å². The molecule has 0 aromatic carbocycles. The summed E-state index contributed by atoms with van der Waals surface area (Å²) in [6.45, 7) is 0. The maximum atomic E-state index is 15.2. The van der Waals surface area contributed by atoms with Gasteiger partial charge in [0.15, 0.2) is 0 Å². The number of fused-ring (bicyclic) bond motifs is 18. The third kappa shape index (κ3) is 19.5. The van der Waals surface area contributed by atoms with Crippen molar-refractivity contribution in [3.05, 3.63) is 200 Å². The number of aromatic nitrogens is 18. The molecular formula is C109H127F9N18O3. The number of hydrogen-bond donors (Lipinski definition) is 0. The molecule has 139 heavy (non-hydrogen) atoms. The molecule has 14 aliphatic rings. The third-order valence-corrected chi connectivity index (χ3v) is 34.1. The molecule has 26 rings (SSSR count). The molecule has 6 aliphatic heterocycles. The van der Waals surface area contributed by atoms with Crippen LogP contribution in [0.5, 0.6) is 17.6 Å². The van der Waals surface area contributed by atoms with Crippen molar-refractivity contribution in [2.24, 2.45) is 10.8 Å². The van der Waals surface area contributed by atoms with Gasteiger partial charge in [-0.25, -0.2) is 85.0 Å². The van der Waals surface area contributed by atoms with Crippen molar-refractivity contribution in [3.8, 4) is 85.2 Å². The van der Waals surface area contributed by atoms with Crippen LogP contribution in [-0.4, -0.2) is 148 Å². The minimum Gasteiger partial charge on any atom is -0.481 e. The molecule has 21 nitrogen and oxygen atoms in total. The van der Waals surface area contributed by atoms with E-state index in [2.05, 4.69) is 90.2 Å². The molecule has 0 N–H and O–H groups in total. The number of ether oxygens (including phenoxy) is 3. The van der Waals surface area contributed by atoms with E-state index in [0.29, 0.717) is 112 Å². The Bertz CT molecular complexity index is 6050. The molecule has 2 spiro atoms. The zero-order chi connectivity index (χ0) is 95.5. The van der Waals surface area contributed by atoms with E-state index < -0.39 is 45.9 Å². The number of pyridine rings is 6. The summed E-state index contributed by atoms with van der Waals surface area (Å²) in [6.07, 6.45) is 58.5. The Morgan fingerprint density at radius 2 is 0.496 bits per heavy atom. The van der Waals surface area contributed by atoms with Gasteiger partial charge in [-0.05, 0) is 271 Å². The van der Waals surface area contributed by atoms with E-state index in [1.54, 1.807) is 58.5 Å². The average molecular weight is 1910 g/mol. The first-order valence-corrected chi connectivity index (χ1v) is 51.2. The van der Waals surface area contributed by atoms with Gasteiger partial charge in [-0.1, -0.05) is 57.8 Å². The number of rotatable bonds is 21. The lowest BCUT2D eigenvalue weighted by molar-refractivity contribution is -0.0782. The number of alkyl halides is 8. The highest BCUT2D eigenvalue weighted by Crippen LogP contribution is 2.62. The van der Waals surface area contributed by atoms with Gasteiger partial charge < -0.3 is 41.6 Å². The molecule has 18 heterocycles. The van der Waals surface area contributed by atoms with Crippen molar-refractivity contribution < 1.29 is 53.7 Å². The van der Waals surface area contributed by atoms with E-state index in [9.17, 15) is 30.7 Å². The molecule has 0 amide bonds. The van der Waals surface area contributed by atoms with Gasteiger partial charge in [-0.15, -0.1) is 0 Å². The maximum absolute atomic E-state index is 15.2. The second-order valence-electron chi connectivity index (χ2n) is 42.7. The highest BCUT2D eigenvalue weighted by atomic mass is 19.3. The fourth-order valence-electron chi connectivity index (χ4n) is 25.2. The van der Waals surface area contributed by atoms with Gasteiger partial charge in [-0.3, -0.25) is 9.97 Å². The fraction of sp³-hybridized carbons (Fsp3) is 0.560. The van der Waals surface area contributed by atoms with Crippen LogP contribution >= 0.6 is 0 Å². The summed E-state index contributed by atoms with van der Waals surface area (Å²) in [6, 6.07) is 22.9.